The van der Waals surface area contributed by atoms with Gasteiger partial charge in [0.15, 0.2) is 11.7 Å². The van der Waals surface area contributed by atoms with Crippen molar-refractivity contribution < 1.29 is 27.5 Å². The Hall–Kier alpha value is -3.02. The highest BCUT2D eigenvalue weighted by molar-refractivity contribution is 7.89. The van der Waals surface area contributed by atoms with Gasteiger partial charge in [0.05, 0.1) is 22.2 Å². The number of carbonyl (C=O) groups excluding carboxylic acids is 2. The number of aryl methyl sites for hydroxylation is 1. The summed E-state index contributed by atoms with van der Waals surface area (Å²) in [6.07, 6.45) is 3.58. The number of nitrogens with one attached hydrogen (secondary N) is 1. The number of fused-ring (bicyclic) bond motifs is 1. The van der Waals surface area contributed by atoms with Gasteiger partial charge in [-0.2, -0.15) is 4.31 Å². The Kier molecular flexibility index (Phi) is 7.68. The first kappa shape index (κ1) is 25.1. The van der Waals surface area contributed by atoms with Crippen molar-refractivity contribution in [3.8, 4) is 5.75 Å². The molecule has 1 fully saturated rings. The molecule has 11 heteroatoms. The largest absolute Gasteiger partial charge is 0.496 e. The van der Waals surface area contributed by atoms with Gasteiger partial charge in [-0.3, -0.25) is 10.1 Å². The molecule has 0 aliphatic carbocycles. The lowest BCUT2D eigenvalue weighted by atomic mass is 10.2. The fourth-order valence-corrected chi connectivity index (χ4v) is 6.41. The minimum Gasteiger partial charge on any atom is -0.496 e. The van der Waals surface area contributed by atoms with Crippen LogP contribution in [0.5, 0.6) is 5.75 Å². The van der Waals surface area contributed by atoms with E-state index >= 15 is 0 Å². The van der Waals surface area contributed by atoms with E-state index in [1.54, 1.807) is 0 Å². The summed E-state index contributed by atoms with van der Waals surface area (Å²) >= 11 is 1.32. The van der Waals surface area contributed by atoms with E-state index in [2.05, 4.69) is 10.3 Å². The summed E-state index contributed by atoms with van der Waals surface area (Å²) < 4.78 is 39.1. The lowest BCUT2D eigenvalue weighted by Gasteiger charge is -2.20. The van der Waals surface area contributed by atoms with E-state index in [-0.39, 0.29) is 16.2 Å². The van der Waals surface area contributed by atoms with Crippen LogP contribution in [0.25, 0.3) is 10.2 Å². The first-order valence-electron chi connectivity index (χ1n) is 11.3. The molecule has 1 N–H and O–H groups in total. The summed E-state index contributed by atoms with van der Waals surface area (Å²) in [4.78, 5) is 29.5. The second kappa shape index (κ2) is 10.7. The third-order valence-corrected chi connectivity index (χ3v) is 8.55. The molecule has 0 unspecified atom stereocenters. The number of hydrogen-bond donors (Lipinski definition) is 1. The number of aromatic nitrogens is 1. The molecule has 35 heavy (non-hydrogen) atoms. The molecule has 1 aliphatic rings. The van der Waals surface area contributed by atoms with E-state index < -0.39 is 28.5 Å². The van der Waals surface area contributed by atoms with Crippen molar-refractivity contribution in [3.63, 3.8) is 0 Å². The molecule has 0 saturated carbocycles. The number of ether oxygens (including phenoxy) is 2. The summed E-state index contributed by atoms with van der Waals surface area (Å²) in [6.45, 7) is 2.30. The highest BCUT2D eigenvalue weighted by Gasteiger charge is 2.27. The van der Waals surface area contributed by atoms with Gasteiger partial charge >= 0.3 is 5.97 Å². The van der Waals surface area contributed by atoms with Gasteiger partial charge in [0.2, 0.25) is 10.0 Å². The monoisotopic (exact) mass is 517 g/mol. The number of esters is 1. The molecule has 0 atom stereocenters. The molecule has 4 rings (SSSR count). The van der Waals surface area contributed by atoms with E-state index in [9.17, 15) is 18.0 Å². The van der Waals surface area contributed by atoms with Crippen molar-refractivity contribution in [2.75, 3.05) is 32.1 Å². The molecule has 1 aromatic heterocycles. The highest BCUT2D eigenvalue weighted by atomic mass is 32.2. The van der Waals surface area contributed by atoms with E-state index in [4.69, 9.17) is 9.47 Å². The third kappa shape index (κ3) is 5.80. The predicted octanol–water partition coefficient (Wildman–Crippen LogP) is 3.97. The summed E-state index contributed by atoms with van der Waals surface area (Å²) in [7, 11) is -2.40. The Morgan fingerprint density at radius 3 is 2.54 bits per heavy atom. The van der Waals surface area contributed by atoms with Crippen molar-refractivity contribution in [2.45, 2.75) is 37.5 Å². The minimum absolute atomic E-state index is 0.0126. The van der Waals surface area contributed by atoms with Gasteiger partial charge in [0.25, 0.3) is 5.91 Å². The van der Waals surface area contributed by atoms with Crippen molar-refractivity contribution in [1.29, 1.82) is 0 Å². The molecule has 1 amide bonds. The molecule has 0 bridgehead atoms. The molecular weight excluding hydrogens is 490 g/mol. The maximum absolute atomic E-state index is 13.1. The van der Waals surface area contributed by atoms with Crippen LogP contribution in [0.1, 0.15) is 41.6 Å². The van der Waals surface area contributed by atoms with Crippen molar-refractivity contribution in [2.24, 2.45) is 0 Å². The number of amides is 1. The number of sulfonamides is 1. The predicted molar refractivity (Wildman–Crippen MR) is 133 cm³/mol. The first-order valence-corrected chi connectivity index (χ1v) is 13.6. The van der Waals surface area contributed by atoms with Crippen LogP contribution in [0.4, 0.5) is 5.13 Å². The van der Waals surface area contributed by atoms with E-state index in [0.29, 0.717) is 18.2 Å². The first-order chi connectivity index (χ1) is 16.8. The molecule has 186 valence electrons. The SMILES string of the molecule is COc1ccc(S(=O)(=O)N2CCCCCC2)cc1C(=O)OCC(=O)Nc1nc2ccc(C)cc2s1. The average molecular weight is 518 g/mol. The lowest BCUT2D eigenvalue weighted by molar-refractivity contribution is -0.119. The Morgan fingerprint density at radius 1 is 1.09 bits per heavy atom. The maximum Gasteiger partial charge on any atom is 0.342 e. The van der Waals surface area contributed by atoms with Crippen LogP contribution < -0.4 is 10.1 Å². The molecule has 1 aliphatic heterocycles. The highest BCUT2D eigenvalue weighted by Crippen LogP contribution is 2.28. The fraction of sp³-hybridized carbons (Fsp3) is 0.375. The molecule has 2 aromatic carbocycles. The number of thiazole rings is 1. The number of methoxy groups -OCH3 is 1. The van der Waals surface area contributed by atoms with Gasteiger partial charge in [-0.15, -0.1) is 0 Å². The smallest absolute Gasteiger partial charge is 0.342 e. The van der Waals surface area contributed by atoms with Gasteiger partial charge in [0, 0.05) is 13.1 Å². The number of hydrogen-bond acceptors (Lipinski definition) is 8. The topological polar surface area (TPSA) is 115 Å². The molecule has 2 heterocycles. The van der Waals surface area contributed by atoms with Crippen LogP contribution in [-0.2, 0) is 19.6 Å². The zero-order chi connectivity index (χ0) is 25.0. The maximum atomic E-state index is 13.1. The molecule has 0 radical (unpaired) electrons. The standard InChI is InChI=1S/C24H27N3O6S2/c1-16-7-9-19-21(13-16)34-24(25-19)26-22(28)15-33-23(29)18-14-17(8-10-20(18)32-2)35(30,31)27-11-5-3-4-6-12-27/h7-10,13-14H,3-6,11-12,15H2,1-2H3,(H,25,26,28). The van der Waals surface area contributed by atoms with Crippen LogP contribution >= 0.6 is 11.3 Å². The van der Waals surface area contributed by atoms with Gasteiger partial charge in [-0.05, 0) is 55.7 Å². The molecule has 0 spiro atoms. The normalized spacial score (nSPS) is 14.9. The van der Waals surface area contributed by atoms with Crippen LogP contribution in [0.3, 0.4) is 0 Å². The van der Waals surface area contributed by atoms with Crippen LogP contribution in [0, 0.1) is 6.92 Å². The second-order valence-electron chi connectivity index (χ2n) is 8.29. The van der Waals surface area contributed by atoms with Gasteiger partial charge in [0.1, 0.15) is 11.3 Å². The quantitative estimate of drug-likeness (QED) is 0.472. The summed E-state index contributed by atoms with van der Waals surface area (Å²) in [5.41, 5.74) is 1.79. The third-order valence-electron chi connectivity index (χ3n) is 5.72. The Labute approximate surface area is 208 Å². The van der Waals surface area contributed by atoms with Gasteiger partial charge in [-0.25, -0.2) is 18.2 Å². The number of anilines is 1. The zero-order valence-corrected chi connectivity index (χ0v) is 21.2. The van der Waals surface area contributed by atoms with Crippen LogP contribution in [0.15, 0.2) is 41.3 Å². The van der Waals surface area contributed by atoms with Crippen LogP contribution in [0.2, 0.25) is 0 Å². The molecule has 9 nitrogen and oxygen atoms in total. The van der Waals surface area contributed by atoms with E-state index in [1.165, 1.54) is 41.0 Å². The van der Waals surface area contributed by atoms with Gasteiger partial charge in [-0.1, -0.05) is 30.2 Å². The van der Waals surface area contributed by atoms with Crippen LogP contribution in [-0.4, -0.2) is 56.4 Å². The lowest BCUT2D eigenvalue weighted by Crippen LogP contribution is -2.32. The average Bonchev–Trinajstić information content (AvgIpc) is 3.03. The Bertz CT molecular complexity index is 1340. The summed E-state index contributed by atoms with van der Waals surface area (Å²) in [5, 5.41) is 3.03. The van der Waals surface area contributed by atoms with Gasteiger partial charge < -0.3 is 9.47 Å². The minimum atomic E-state index is -3.77. The second-order valence-corrected chi connectivity index (χ2v) is 11.3. The Balaban J connectivity index is 1.45. The van der Waals surface area contributed by atoms with E-state index in [1.807, 2.05) is 25.1 Å². The number of nitrogens with zero attached hydrogens (tertiary/aromatic N) is 2. The number of benzene rings is 2. The fourth-order valence-electron chi connectivity index (χ4n) is 3.89. The summed E-state index contributed by atoms with van der Waals surface area (Å²) in [6, 6.07) is 9.86. The summed E-state index contributed by atoms with van der Waals surface area (Å²) in [5.74, 6) is -1.25. The van der Waals surface area contributed by atoms with E-state index in [0.717, 1.165) is 41.5 Å². The van der Waals surface area contributed by atoms with Crippen molar-refractivity contribution in [3.05, 3.63) is 47.5 Å². The molecular formula is C24H27N3O6S2. The van der Waals surface area contributed by atoms with Crippen molar-refractivity contribution >= 4 is 48.6 Å². The number of rotatable bonds is 7. The van der Waals surface area contributed by atoms with Crippen molar-refractivity contribution in [1.82, 2.24) is 9.29 Å². The molecule has 1 saturated heterocycles. The number of carbonyl (C=O) groups is 2. The Morgan fingerprint density at radius 2 is 1.83 bits per heavy atom. The zero-order valence-electron chi connectivity index (χ0n) is 19.6. The molecule has 3 aromatic rings.